The maximum absolute atomic E-state index is 7.01. The number of para-hydroxylation sites is 4. The van der Waals surface area contributed by atoms with Crippen LogP contribution in [0.3, 0.4) is 0 Å². The van der Waals surface area contributed by atoms with Gasteiger partial charge in [-0.1, -0.05) is 121 Å². The third kappa shape index (κ3) is 4.96. The lowest BCUT2D eigenvalue weighted by atomic mass is 9.98. The van der Waals surface area contributed by atoms with Gasteiger partial charge in [-0.05, 0) is 83.4 Å². The van der Waals surface area contributed by atoms with E-state index in [1.165, 1.54) is 21.9 Å². The Morgan fingerprint density at radius 1 is 0.400 bits per heavy atom. The normalized spacial score (nSPS) is 11.2. The van der Waals surface area contributed by atoms with E-state index in [0.29, 0.717) is 0 Å². The van der Waals surface area contributed by atoms with Crippen molar-refractivity contribution in [1.29, 1.82) is 0 Å². The minimum Gasteiger partial charge on any atom is -0.311 e. The highest BCUT2D eigenvalue weighted by Crippen LogP contribution is 2.40. The smallest absolute Gasteiger partial charge is 0.0556 e. The van der Waals surface area contributed by atoms with Crippen molar-refractivity contribution in [3.63, 3.8) is 0 Å². The summed E-state index contributed by atoms with van der Waals surface area (Å²) < 4.78 is 2.30. The number of nitrogens with zero attached hydrogens (tertiary/aromatic N) is 2. The summed E-state index contributed by atoms with van der Waals surface area (Å²) in [5, 5.41) is 3.14. The van der Waals surface area contributed by atoms with Gasteiger partial charge in [0.25, 0.3) is 0 Å². The van der Waals surface area contributed by atoms with E-state index in [-0.39, 0.29) is 0 Å². The van der Waals surface area contributed by atoms with Crippen LogP contribution >= 0.6 is 11.6 Å². The summed E-state index contributed by atoms with van der Waals surface area (Å²) in [4.78, 5) is 2.28. The molecule has 3 heteroatoms. The molecule has 0 saturated heterocycles. The highest BCUT2D eigenvalue weighted by Gasteiger charge is 2.16. The number of hydrogen-bond donors (Lipinski definition) is 0. The first-order valence-electron chi connectivity index (χ1n) is 15.1. The second kappa shape index (κ2) is 11.5. The standard InChI is InChI=1S/C42H29ClN2/c43-40-29-42-39(37-18-10-11-19-41(37)45(42)35-16-8-3-9-17-35)28-38(40)32-22-20-30(21-23-32)31-24-26-36(27-25-31)44(33-12-4-1-5-13-33)34-14-6-2-7-15-34/h1-29H. The topological polar surface area (TPSA) is 8.17 Å². The molecule has 0 amide bonds. The fourth-order valence-corrected chi connectivity index (χ4v) is 6.58. The van der Waals surface area contributed by atoms with E-state index in [0.717, 1.165) is 50.0 Å². The summed E-state index contributed by atoms with van der Waals surface area (Å²) in [6, 6.07) is 61.8. The zero-order valence-corrected chi connectivity index (χ0v) is 25.3. The molecule has 0 aliphatic heterocycles. The summed E-state index contributed by atoms with van der Waals surface area (Å²) in [7, 11) is 0. The van der Waals surface area contributed by atoms with E-state index in [1.807, 2.05) is 18.2 Å². The van der Waals surface area contributed by atoms with Gasteiger partial charge in [-0.2, -0.15) is 0 Å². The van der Waals surface area contributed by atoms with Gasteiger partial charge in [-0.25, -0.2) is 0 Å². The lowest BCUT2D eigenvalue weighted by Crippen LogP contribution is -2.09. The molecule has 0 spiro atoms. The predicted molar refractivity (Wildman–Crippen MR) is 191 cm³/mol. The summed E-state index contributed by atoms with van der Waals surface area (Å²) >= 11 is 7.01. The van der Waals surface area contributed by atoms with Crippen molar-refractivity contribution >= 4 is 50.5 Å². The first kappa shape index (κ1) is 27.0. The van der Waals surface area contributed by atoms with Crippen LogP contribution in [0.4, 0.5) is 17.1 Å². The van der Waals surface area contributed by atoms with Gasteiger partial charge in [0.1, 0.15) is 0 Å². The number of benzene rings is 7. The second-order valence-electron chi connectivity index (χ2n) is 11.2. The molecule has 0 bridgehead atoms. The van der Waals surface area contributed by atoms with E-state index in [2.05, 4.69) is 167 Å². The largest absolute Gasteiger partial charge is 0.311 e. The van der Waals surface area contributed by atoms with Crippen LogP contribution in [0.2, 0.25) is 5.02 Å². The van der Waals surface area contributed by atoms with Gasteiger partial charge in [-0.15, -0.1) is 0 Å². The van der Waals surface area contributed by atoms with E-state index in [1.54, 1.807) is 0 Å². The first-order valence-corrected chi connectivity index (χ1v) is 15.5. The quantitative estimate of drug-likeness (QED) is 0.185. The van der Waals surface area contributed by atoms with Crippen LogP contribution in [0.1, 0.15) is 0 Å². The molecule has 0 unspecified atom stereocenters. The van der Waals surface area contributed by atoms with Crippen molar-refractivity contribution < 1.29 is 0 Å². The van der Waals surface area contributed by atoms with Crippen LogP contribution in [0.15, 0.2) is 176 Å². The maximum atomic E-state index is 7.01. The minimum atomic E-state index is 0.738. The number of anilines is 3. The third-order valence-corrected chi connectivity index (χ3v) is 8.77. The molecular weight excluding hydrogens is 568 g/mol. The molecular formula is C42H29ClN2. The Bertz CT molecular complexity index is 2200. The molecule has 45 heavy (non-hydrogen) atoms. The second-order valence-corrected chi connectivity index (χ2v) is 11.6. The van der Waals surface area contributed by atoms with E-state index >= 15 is 0 Å². The summed E-state index contributed by atoms with van der Waals surface area (Å²) in [6.07, 6.45) is 0. The highest BCUT2D eigenvalue weighted by atomic mass is 35.5. The average Bonchev–Trinajstić information content (AvgIpc) is 3.43. The molecule has 0 aliphatic rings. The first-order chi connectivity index (χ1) is 22.2. The molecule has 2 nitrogen and oxygen atoms in total. The predicted octanol–water partition coefficient (Wildman–Crippen LogP) is 12.2. The summed E-state index contributed by atoms with van der Waals surface area (Å²) in [6.45, 7) is 0. The van der Waals surface area contributed by atoms with E-state index < -0.39 is 0 Å². The third-order valence-electron chi connectivity index (χ3n) is 8.46. The van der Waals surface area contributed by atoms with Crippen LogP contribution in [-0.2, 0) is 0 Å². The number of fused-ring (bicyclic) bond motifs is 3. The molecule has 214 valence electrons. The molecule has 0 radical (unpaired) electrons. The maximum Gasteiger partial charge on any atom is 0.0556 e. The fraction of sp³-hybridized carbons (Fsp3) is 0. The van der Waals surface area contributed by atoms with Crippen molar-refractivity contribution in [2.45, 2.75) is 0 Å². The molecule has 0 fully saturated rings. The van der Waals surface area contributed by atoms with E-state index in [4.69, 9.17) is 11.6 Å². The van der Waals surface area contributed by atoms with Crippen LogP contribution in [0.5, 0.6) is 0 Å². The van der Waals surface area contributed by atoms with Gasteiger partial charge in [0.05, 0.1) is 16.1 Å². The number of halogens is 1. The molecule has 0 aliphatic carbocycles. The lowest BCUT2D eigenvalue weighted by molar-refractivity contribution is 1.18. The van der Waals surface area contributed by atoms with Gasteiger partial charge >= 0.3 is 0 Å². The van der Waals surface area contributed by atoms with Crippen LogP contribution in [-0.4, -0.2) is 4.57 Å². The molecule has 0 N–H and O–H groups in total. The number of hydrogen-bond acceptors (Lipinski definition) is 1. The van der Waals surface area contributed by atoms with Crippen molar-refractivity contribution in [1.82, 2.24) is 4.57 Å². The highest BCUT2D eigenvalue weighted by molar-refractivity contribution is 6.34. The molecule has 8 aromatic rings. The van der Waals surface area contributed by atoms with Gasteiger partial charge in [0, 0.05) is 39.1 Å². The Kier molecular flexibility index (Phi) is 6.90. The van der Waals surface area contributed by atoms with Gasteiger partial charge in [0.15, 0.2) is 0 Å². The molecule has 1 heterocycles. The molecule has 0 atom stereocenters. The minimum absolute atomic E-state index is 0.738. The van der Waals surface area contributed by atoms with Crippen LogP contribution < -0.4 is 4.90 Å². The molecule has 1 aromatic heterocycles. The van der Waals surface area contributed by atoms with Crippen molar-refractivity contribution in [3.8, 4) is 27.9 Å². The number of rotatable bonds is 6. The Balaban J connectivity index is 1.14. The molecule has 7 aromatic carbocycles. The Hall–Kier alpha value is -5.57. The number of aromatic nitrogens is 1. The zero-order valence-electron chi connectivity index (χ0n) is 24.5. The average molecular weight is 597 g/mol. The van der Waals surface area contributed by atoms with Crippen molar-refractivity contribution in [3.05, 3.63) is 181 Å². The Morgan fingerprint density at radius 2 is 0.889 bits per heavy atom. The Labute approximate surface area is 268 Å². The summed E-state index contributed by atoms with van der Waals surface area (Å²) in [5.41, 5.74) is 11.2. The van der Waals surface area contributed by atoms with Gasteiger partial charge in [0.2, 0.25) is 0 Å². The SMILES string of the molecule is Clc1cc2c(cc1-c1ccc(-c3ccc(N(c4ccccc4)c4ccccc4)cc3)cc1)c1ccccc1n2-c1ccccc1. The zero-order chi connectivity index (χ0) is 30.2. The summed E-state index contributed by atoms with van der Waals surface area (Å²) in [5.74, 6) is 0. The molecule has 8 rings (SSSR count). The van der Waals surface area contributed by atoms with Crippen LogP contribution in [0.25, 0.3) is 49.7 Å². The van der Waals surface area contributed by atoms with Crippen molar-refractivity contribution in [2.75, 3.05) is 4.90 Å². The Morgan fingerprint density at radius 3 is 1.51 bits per heavy atom. The van der Waals surface area contributed by atoms with Crippen molar-refractivity contribution in [2.24, 2.45) is 0 Å². The van der Waals surface area contributed by atoms with E-state index in [9.17, 15) is 0 Å². The van der Waals surface area contributed by atoms with Crippen LogP contribution in [0, 0.1) is 0 Å². The van der Waals surface area contributed by atoms with Gasteiger partial charge < -0.3 is 9.47 Å². The fourth-order valence-electron chi connectivity index (χ4n) is 6.31. The van der Waals surface area contributed by atoms with Gasteiger partial charge in [-0.3, -0.25) is 0 Å². The monoisotopic (exact) mass is 596 g/mol. The lowest BCUT2D eigenvalue weighted by Gasteiger charge is -2.25. The molecule has 0 saturated carbocycles.